The number of carboxylic acids is 1. The van der Waals surface area contributed by atoms with Gasteiger partial charge >= 0.3 is 12.1 Å². The number of ether oxygens (including phenoxy) is 2. The van der Waals surface area contributed by atoms with E-state index >= 15 is 0 Å². The first-order chi connectivity index (χ1) is 7.78. The second kappa shape index (κ2) is 4.86. The van der Waals surface area contributed by atoms with Gasteiger partial charge in [0.25, 0.3) is 0 Å². The monoisotopic (exact) mass is 238 g/mol. The van der Waals surface area contributed by atoms with E-state index in [2.05, 4.69) is 0 Å². The quantitative estimate of drug-likeness (QED) is 0.633. The van der Waals surface area contributed by atoms with Crippen LogP contribution in [-0.4, -0.2) is 22.8 Å². The van der Waals surface area contributed by atoms with Crippen molar-refractivity contribution in [1.82, 2.24) is 0 Å². The van der Waals surface area contributed by atoms with Crippen molar-refractivity contribution >= 4 is 12.1 Å². The van der Waals surface area contributed by atoms with E-state index in [9.17, 15) is 9.59 Å². The minimum absolute atomic E-state index is 0.126. The van der Waals surface area contributed by atoms with Gasteiger partial charge in [0.2, 0.25) is 0 Å². The largest absolute Gasteiger partial charge is 0.514 e. The summed E-state index contributed by atoms with van der Waals surface area (Å²) < 4.78 is 9.81. The molecule has 0 aliphatic rings. The van der Waals surface area contributed by atoms with Crippen LogP contribution in [0.5, 0.6) is 5.75 Å². The highest BCUT2D eigenvalue weighted by Crippen LogP contribution is 2.15. The molecule has 1 aromatic rings. The molecule has 1 N–H and O–H groups in total. The molecule has 0 aliphatic heterocycles. The standard InChI is InChI=1S/C12H14O5/c1-12(2,3)17-11(15)16-9-6-4-8(5-7-9)10(13)14/h4-7H,1-3H3,(H,13,14). The average Bonchev–Trinajstić information content (AvgIpc) is 2.15. The molecule has 1 rings (SSSR count). The molecule has 17 heavy (non-hydrogen) atoms. The Balaban J connectivity index is 2.64. The summed E-state index contributed by atoms with van der Waals surface area (Å²) in [6, 6.07) is 5.49. The Morgan fingerprint density at radius 2 is 1.65 bits per heavy atom. The second-order valence-corrected chi connectivity index (χ2v) is 4.40. The van der Waals surface area contributed by atoms with Gasteiger partial charge in [-0.2, -0.15) is 0 Å². The molecule has 5 heteroatoms. The first-order valence-corrected chi connectivity index (χ1v) is 5.02. The third-order valence-corrected chi connectivity index (χ3v) is 1.69. The van der Waals surface area contributed by atoms with Crippen LogP contribution in [0, 0.1) is 0 Å². The van der Waals surface area contributed by atoms with E-state index in [4.69, 9.17) is 14.6 Å². The lowest BCUT2D eigenvalue weighted by Crippen LogP contribution is -2.25. The van der Waals surface area contributed by atoms with Gasteiger partial charge in [0.05, 0.1) is 5.56 Å². The summed E-state index contributed by atoms with van der Waals surface area (Å²) >= 11 is 0. The van der Waals surface area contributed by atoms with E-state index in [-0.39, 0.29) is 11.3 Å². The Morgan fingerprint density at radius 3 is 2.06 bits per heavy atom. The minimum atomic E-state index is -1.03. The third kappa shape index (κ3) is 4.55. The zero-order chi connectivity index (χ0) is 13.1. The number of rotatable bonds is 2. The van der Waals surface area contributed by atoms with E-state index < -0.39 is 17.7 Å². The Labute approximate surface area is 99.0 Å². The van der Waals surface area contributed by atoms with Crippen molar-refractivity contribution in [3.8, 4) is 5.75 Å². The van der Waals surface area contributed by atoms with Crippen LogP contribution in [0.1, 0.15) is 31.1 Å². The molecule has 0 fully saturated rings. The van der Waals surface area contributed by atoms with Gasteiger partial charge in [0, 0.05) is 0 Å². The van der Waals surface area contributed by atoms with E-state index in [0.717, 1.165) is 0 Å². The summed E-state index contributed by atoms with van der Waals surface area (Å²) in [5.41, 5.74) is -0.500. The second-order valence-electron chi connectivity index (χ2n) is 4.40. The molecule has 0 saturated heterocycles. The molecular weight excluding hydrogens is 224 g/mol. The van der Waals surface area contributed by atoms with Gasteiger partial charge in [-0.25, -0.2) is 9.59 Å². The molecule has 0 amide bonds. The third-order valence-electron chi connectivity index (χ3n) is 1.69. The smallest absolute Gasteiger partial charge is 0.478 e. The summed E-state index contributed by atoms with van der Waals surface area (Å²) in [7, 11) is 0. The number of hydrogen-bond acceptors (Lipinski definition) is 4. The molecule has 0 aliphatic carbocycles. The minimum Gasteiger partial charge on any atom is -0.478 e. The Bertz CT molecular complexity index is 414. The van der Waals surface area contributed by atoms with Crippen LogP contribution in [0.2, 0.25) is 0 Å². The van der Waals surface area contributed by atoms with E-state index in [1.54, 1.807) is 20.8 Å². The molecule has 5 nitrogen and oxygen atoms in total. The fraction of sp³-hybridized carbons (Fsp3) is 0.333. The van der Waals surface area contributed by atoms with Gasteiger partial charge in [0.15, 0.2) is 0 Å². The van der Waals surface area contributed by atoms with Crippen molar-refractivity contribution in [1.29, 1.82) is 0 Å². The molecule has 92 valence electrons. The molecule has 0 spiro atoms. The number of aromatic carboxylic acids is 1. The first kappa shape index (κ1) is 13.0. The van der Waals surface area contributed by atoms with Crippen LogP contribution in [0.15, 0.2) is 24.3 Å². The number of carboxylic acid groups (broad SMARTS) is 1. The summed E-state index contributed by atoms with van der Waals surface area (Å²) in [5.74, 6) is -0.793. The summed E-state index contributed by atoms with van der Waals surface area (Å²) in [6.45, 7) is 5.17. The Hall–Kier alpha value is -2.04. The van der Waals surface area contributed by atoms with Crippen molar-refractivity contribution in [2.75, 3.05) is 0 Å². The van der Waals surface area contributed by atoms with Crippen LogP contribution in [-0.2, 0) is 4.74 Å². The molecule has 0 saturated carbocycles. The maximum Gasteiger partial charge on any atom is 0.514 e. The first-order valence-electron chi connectivity index (χ1n) is 5.02. The van der Waals surface area contributed by atoms with Crippen molar-refractivity contribution in [2.45, 2.75) is 26.4 Å². The van der Waals surface area contributed by atoms with Gasteiger partial charge in [-0.05, 0) is 45.0 Å². The number of benzene rings is 1. The van der Waals surface area contributed by atoms with Gasteiger partial charge < -0.3 is 14.6 Å². The lowest BCUT2D eigenvalue weighted by Gasteiger charge is -2.18. The van der Waals surface area contributed by atoms with Crippen LogP contribution in [0.4, 0.5) is 4.79 Å². The van der Waals surface area contributed by atoms with Crippen molar-refractivity contribution < 1.29 is 24.2 Å². The molecule has 0 aromatic heterocycles. The van der Waals surface area contributed by atoms with Crippen LogP contribution in [0.3, 0.4) is 0 Å². The molecule has 0 unspecified atom stereocenters. The highest BCUT2D eigenvalue weighted by molar-refractivity contribution is 5.87. The zero-order valence-corrected chi connectivity index (χ0v) is 9.89. The number of carbonyl (C=O) groups excluding carboxylic acids is 1. The average molecular weight is 238 g/mol. The van der Waals surface area contributed by atoms with Crippen LogP contribution >= 0.6 is 0 Å². The predicted molar refractivity (Wildman–Crippen MR) is 60.3 cm³/mol. The maximum atomic E-state index is 11.3. The van der Waals surface area contributed by atoms with Gasteiger partial charge in [-0.1, -0.05) is 0 Å². The lowest BCUT2D eigenvalue weighted by atomic mass is 10.2. The van der Waals surface area contributed by atoms with E-state index in [0.29, 0.717) is 0 Å². The van der Waals surface area contributed by atoms with Crippen molar-refractivity contribution in [3.05, 3.63) is 29.8 Å². The molecule has 1 aromatic carbocycles. The maximum absolute atomic E-state index is 11.3. The number of hydrogen-bond donors (Lipinski definition) is 1. The fourth-order valence-electron chi connectivity index (χ4n) is 1.03. The van der Waals surface area contributed by atoms with Gasteiger partial charge in [-0.15, -0.1) is 0 Å². The van der Waals surface area contributed by atoms with Gasteiger partial charge in [-0.3, -0.25) is 0 Å². The highest BCUT2D eigenvalue weighted by atomic mass is 16.7. The highest BCUT2D eigenvalue weighted by Gasteiger charge is 2.18. The molecule has 0 heterocycles. The van der Waals surface area contributed by atoms with Crippen molar-refractivity contribution in [2.24, 2.45) is 0 Å². The molecule has 0 bridgehead atoms. The lowest BCUT2D eigenvalue weighted by molar-refractivity contribution is 0.0206. The number of carbonyl (C=O) groups is 2. The summed E-state index contributed by atoms with van der Waals surface area (Å²) in [6.07, 6.45) is -0.819. The topological polar surface area (TPSA) is 72.8 Å². The molecular formula is C12H14O5. The van der Waals surface area contributed by atoms with Crippen LogP contribution < -0.4 is 4.74 Å². The fourth-order valence-corrected chi connectivity index (χ4v) is 1.03. The molecule has 0 atom stereocenters. The predicted octanol–water partition coefficient (Wildman–Crippen LogP) is 2.70. The summed E-state index contributed by atoms with van der Waals surface area (Å²) in [4.78, 5) is 21.9. The Kier molecular flexibility index (Phi) is 3.73. The van der Waals surface area contributed by atoms with Crippen molar-refractivity contribution in [3.63, 3.8) is 0 Å². The summed E-state index contributed by atoms with van der Waals surface area (Å²) in [5, 5.41) is 8.68. The Morgan fingerprint density at radius 1 is 1.12 bits per heavy atom. The SMILES string of the molecule is CC(C)(C)OC(=O)Oc1ccc(C(=O)O)cc1. The van der Waals surface area contributed by atoms with Gasteiger partial charge in [0.1, 0.15) is 11.4 Å². The van der Waals surface area contributed by atoms with Crippen LogP contribution in [0.25, 0.3) is 0 Å². The zero-order valence-electron chi connectivity index (χ0n) is 9.89. The molecule has 0 radical (unpaired) electrons. The van der Waals surface area contributed by atoms with E-state index in [1.807, 2.05) is 0 Å². The van der Waals surface area contributed by atoms with E-state index in [1.165, 1.54) is 24.3 Å². The normalized spacial score (nSPS) is 10.8.